The first-order valence-electron chi connectivity index (χ1n) is 6.62. The van der Waals surface area contributed by atoms with Crippen LogP contribution in [0, 0.1) is 5.82 Å². The third kappa shape index (κ3) is 3.56. The van der Waals surface area contributed by atoms with Crippen molar-refractivity contribution in [3.05, 3.63) is 53.5 Å². The number of hydrogen-bond acceptors (Lipinski definition) is 5. The molecule has 0 atom stereocenters. The second-order valence-corrected chi connectivity index (χ2v) is 5.48. The van der Waals surface area contributed by atoms with Gasteiger partial charge in [-0.05, 0) is 29.6 Å². The highest BCUT2D eigenvalue weighted by Gasteiger charge is 2.11. The molecule has 1 amide bonds. The molecule has 0 saturated carbocycles. The summed E-state index contributed by atoms with van der Waals surface area (Å²) in [6, 6.07) is 9.54. The van der Waals surface area contributed by atoms with E-state index in [2.05, 4.69) is 15.5 Å². The molecular weight excluding hydrogens is 305 g/mol. The van der Waals surface area contributed by atoms with Crippen molar-refractivity contribution in [2.24, 2.45) is 0 Å². The number of aryl methyl sites for hydroxylation is 1. The normalized spacial score (nSPS) is 10.6. The number of carbonyl (C=O) groups excluding carboxylic acids is 1. The van der Waals surface area contributed by atoms with E-state index in [9.17, 15) is 9.18 Å². The largest absolute Gasteiger partial charge is 0.420 e. The fourth-order valence-electron chi connectivity index (χ4n) is 1.86. The summed E-state index contributed by atoms with van der Waals surface area (Å²) < 4.78 is 18.5. The number of anilines is 1. The molecule has 2 aromatic heterocycles. The zero-order chi connectivity index (χ0) is 15.4. The van der Waals surface area contributed by atoms with Gasteiger partial charge in [0, 0.05) is 18.5 Å². The molecule has 0 unspecified atom stereocenters. The van der Waals surface area contributed by atoms with Crippen LogP contribution in [0.3, 0.4) is 0 Å². The standard InChI is InChI=1S/C15H12FN3O2S/c16-10-3-1-4-11(9-10)17-13(20)6-7-14-18-19-15(21-14)12-5-2-8-22-12/h1-5,8-9H,6-7H2,(H,17,20). The molecule has 3 aromatic rings. The molecule has 0 aliphatic carbocycles. The number of rotatable bonds is 5. The number of aromatic nitrogens is 2. The number of carbonyl (C=O) groups is 1. The van der Waals surface area contributed by atoms with E-state index in [1.165, 1.54) is 29.5 Å². The molecule has 0 spiro atoms. The first-order chi connectivity index (χ1) is 10.7. The Morgan fingerprint density at radius 3 is 2.95 bits per heavy atom. The molecule has 0 bridgehead atoms. The van der Waals surface area contributed by atoms with Crippen LogP contribution in [-0.2, 0) is 11.2 Å². The lowest BCUT2D eigenvalue weighted by Gasteiger charge is -2.03. The van der Waals surface area contributed by atoms with Crippen LogP contribution in [0.4, 0.5) is 10.1 Å². The second-order valence-electron chi connectivity index (χ2n) is 4.54. The number of amides is 1. The van der Waals surface area contributed by atoms with Crippen LogP contribution < -0.4 is 5.32 Å². The van der Waals surface area contributed by atoms with Crippen LogP contribution in [0.15, 0.2) is 46.2 Å². The summed E-state index contributed by atoms with van der Waals surface area (Å²) in [5.41, 5.74) is 0.426. The average molecular weight is 317 g/mol. The maximum Gasteiger partial charge on any atom is 0.257 e. The fourth-order valence-corrected chi connectivity index (χ4v) is 2.51. The number of hydrogen-bond donors (Lipinski definition) is 1. The highest BCUT2D eigenvalue weighted by molar-refractivity contribution is 7.13. The molecule has 0 aliphatic rings. The monoisotopic (exact) mass is 317 g/mol. The Morgan fingerprint density at radius 2 is 2.18 bits per heavy atom. The van der Waals surface area contributed by atoms with Crippen molar-refractivity contribution in [1.29, 1.82) is 0 Å². The average Bonchev–Trinajstić information content (AvgIpc) is 3.16. The molecule has 5 nitrogen and oxygen atoms in total. The van der Waals surface area contributed by atoms with E-state index in [4.69, 9.17) is 4.42 Å². The third-order valence-electron chi connectivity index (χ3n) is 2.87. The quantitative estimate of drug-likeness (QED) is 0.782. The molecule has 2 heterocycles. The van der Waals surface area contributed by atoms with Crippen molar-refractivity contribution in [2.75, 3.05) is 5.32 Å². The van der Waals surface area contributed by atoms with Gasteiger partial charge in [0.1, 0.15) is 5.82 Å². The van der Waals surface area contributed by atoms with Gasteiger partial charge in [-0.1, -0.05) is 12.1 Å². The Kier molecular flexibility index (Phi) is 4.24. The van der Waals surface area contributed by atoms with Crippen molar-refractivity contribution >= 4 is 22.9 Å². The summed E-state index contributed by atoms with van der Waals surface area (Å²) in [4.78, 5) is 12.7. The highest BCUT2D eigenvalue weighted by atomic mass is 32.1. The fraction of sp³-hybridized carbons (Fsp3) is 0.133. The molecule has 0 fully saturated rings. The van der Waals surface area contributed by atoms with E-state index in [1.54, 1.807) is 6.07 Å². The maximum atomic E-state index is 13.0. The Hall–Kier alpha value is -2.54. The summed E-state index contributed by atoms with van der Waals surface area (Å²) in [5, 5.41) is 12.4. The van der Waals surface area contributed by atoms with Crippen LogP contribution in [0.25, 0.3) is 10.8 Å². The van der Waals surface area contributed by atoms with Crippen LogP contribution in [0.2, 0.25) is 0 Å². The lowest BCUT2D eigenvalue weighted by Crippen LogP contribution is -2.12. The highest BCUT2D eigenvalue weighted by Crippen LogP contribution is 2.23. The molecule has 3 rings (SSSR count). The smallest absolute Gasteiger partial charge is 0.257 e. The van der Waals surface area contributed by atoms with Gasteiger partial charge in [0.25, 0.3) is 5.89 Å². The minimum atomic E-state index is -0.393. The lowest BCUT2D eigenvalue weighted by atomic mass is 10.2. The number of halogens is 1. The first kappa shape index (κ1) is 14.4. The molecule has 22 heavy (non-hydrogen) atoms. The number of thiophene rings is 1. The van der Waals surface area contributed by atoms with Gasteiger partial charge in [0.05, 0.1) is 4.88 Å². The van der Waals surface area contributed by atoms with Crippen LogP contribution in [0.5, 0.6) is 0 Å². The van der Waals surface area contributed by atoms with Gasteiger partial charge in [-0.25, -0.2) is 4.39 Å². The summed E-state index contributed by atoms with van der Waals surface area (Å²) in [7, 11) is 0. The third-order valence-corrected chi connectivity index (χ3v) is 3.73. The van der Waals surface area contributed by atoms with E-state index in [0.29, 0.717) is 23.9 Å². The molecule has 7 heteroatoms. The Balaban J connectivity index is 1.55. The summed E-state index contributed by atoms with van der Waals surface area (Å²) in [6.07, 6.45) is 0.516. The molecular formula is C15H12FN3O2S. The molecule has 1 N–H and O–H groups in total. The van der Waals surface area contributed by atoms with Gasteiger partial charge in [-0.3, -0.25) is 4.79 Å². The first-order valence-corrected chi connectivity index (χ1v) is 7.50. The van der Waals surface area contributed by atoms with E-state index in [1.807, 2.05) is 17.5 Å². The lowest BCUT2D eigenvalue weighted by molar-refractivity contribution is -0.116. The van der Waals surface area contributed by atoms with Crippen molar-refractivity contribution < 1.29 is 13.6 Å². The van der Waals surface area contributed by atoms with Gasteiger partial charge in [-0.2, -0.15) is 0 Å². The van der Waals surface area contributed by atoms with Crippen molar-refractivity contribution in [2.45, 2.75) is 12.8 Å². The van der Waals surface area contributed by atoms with Gasteiger partial charge < -0.3 is 9.73 Å². The van der Waals surface area contributed by atoms with E-state index < -0.39 is 5.82 Å². The molecule has 0 saturated heterocycles. The zero-order valence-electron chi connectivity index (χ0n) is 11.5. The van der Waals surface area contributed by atoms with Crippen molar-refractivity contribution in [3.8, 4) is 10.8 Å². The molecule has 1 aromatic carbocycles. The van der Waals surface area contributed by atoms with E-state index in [-0.39, 0.29) is 12.3 Å². The van der Waals surface area contributed by atoms with E-state index in [0.717, 1.165) is 4.88 Å². The van der Waals surface area contributed by atoms with Gasteiger partial charge >= 0.3 is 0 Å². The Labute approximate surface area is 129 Å². The Bertz CT molecular complexity index is 771. The van der Waals surface area contributed by atoms with Crippen LogP contribution >= 0.6 is 11.3 Å². The predicted octanol–water partition coefficient (Wildman–Crippen LogP) is 3.51. The van der Waals surface area contributed by atoms with Crippen molar-refractivity contribution in [3.63, 3.8) is 0 Å². The minimum Gasteiger partial charge on any atom is -0.420 e. The Morgan fingerprint density at radius 1 is 1.27 bits per heavy atom. The predicted molar refractivity (Wildman–Crippen MR) is 81.0 cm³/mol. The molecule has 0 aliphatic heterocycles. The summed E-state index contributed by atoms with van der Waals surface area (Å²) in [6.45, 7) is 0. The summed E-state index contributed by atoms with van der Waals surface area (Å²) in [5.74, 6) is 0.227. The van der Waals surface area contributed by atoms with Gasteiger partial charge in [0.15, 0.2) is 0 Å². The maximum absolute atomic E-state index is 13.0. The number of nitrogens with one attached hydrogen (secondary N) is 1. The summed E-state index contributed by atoms with van der Waals surface area (Å²) >= 11 is 1.51. The topological polar surface area (TPSA) is 68.0 Å². The van der Waals surface area contributed by atoms with Gasteiger partial charge in [-0.15, -0.1) is 21.5 Å². The second kappa shape index (κ2) is 6.48. The zero-order valence-corrected chi connectivity index (χ0v) is 12.3. The van der Waals surface area contributed by atoms with E-state index >= 15 is 0 Å². The SMILES string of the molecule is O=C(CCc1nnc(-c2cccs2)o1)Nc1cccc(F)c1. The van der Waals surface area contributed by atoms with Crippen LogP contribution in [0.1, 0.15) is 12.3 Å². The molecule has 0 radical (unpaired) electrons. The van der Waals surface area contributed by atoms with Crippen LogP contribution in [-0.4, -0.2) is 16.1 Å². The van der Waals surface area contributed by atoms with Gasteiger partial charge in [0.2, 0.25) is 11.8 Å². The number of benzene rings is 1. The number of nitrogens with zero attached hydrogens (tertiary/aromatic N) is 2. The molecule has 112 valence electrons. The van der Waals surface area contributed by atoms with Crippen molar-refractivity contribution in [1.82, 2.24) is 10.2 Å². The minimum absolute atomic E-state index is 0.183.